The van der Waals surface area contributed by atoms with Gasteiger partial charge in [-0.25, -0.2) is 0 Å². The first kappa shape index (κ1) is 17.5. The molecule has 1 amide bonds. The molecule has 5 heteroatoms. The molecule has 0 radical (unpaired) electrons. The van der Waals surface area contributed by atoms with Crippen LogP contribution in [0.4, 0.5) is 5.69 Å². The first-order chi connectivity index (χ1) is 12.9. The lowest BCUT2D eigenvalue weighted by molar-refractivity contribution is -0.117. The molecule has 1 aliphatic heterocycles. The van der Waals surface area contributed by atoms with Crippen molar-refractivity contribution in [3.63, 3.8) is 0 Å². The first-order valence-corrected chi connectivity index (χ1v) is 9.21. The third-order valence-electron chi connectivity index (χ3n) is 5.34. The average molecular weight is 361 g/mol. The summed E-state index contributed by atoms with van der Waals surface area (Å²) in [4.78, 5) is 19.0. The number of carbonyl (C=O) groups excluding carboxylic acids is 1. The quantitative estimate of drug-likeness (QED) is 0.690. The van der Waals surface area contributed by atoms with Crippen molar-refractivity contribution in [1.82, 2.24) is 10.1 Å². The van der Waals surface area contributed by atoms with Crippen molar-refractivity contribution >= 4 is 11.6 Å². The molecule has 27 heavy (non-hydrogen) atoms. The first-order valence-electron chi connectivity index (χ1n) is 9.21. The van der Waals surface area contributed by atoms with Crippen LogP contribution in [-0.4, -0.2) is 22.6 Å². The molecular weight excluding hydrogens is 338 g/mol. The van der Waals surface area contributed by atoms with Crippen LogP contribution in [0.25, 0.3) is 11.4 Å². The Morgan fingerprint density at radius 2 is 1.81 bits per heavy atom. The third kappa shape index (κ3) is 3.25. The van der Waals surface area contributed by atoms with Gasteiger partial charge in [0.05, 0.1) is 5.92 Å². The molecule has 4 rings (SSSR count). The van der Waals surface area contributed by atoms with E-state index in [1.54, 1.807) is 0 Å². The minimum Gasteiger partial charge on any atom is -0.339 e. The highest BCUT2D eigenvalue weighted by atomic mass is 16.5. The standard InChI is InChI=1S/C22H23N3O2/c1-13-5-8-19(16(4)9-13)21-23-22(27-24-21)17-11-20(26)25(12-17)18-7-6-14(2)15(3)10-18/h5-10,17H,11-12H2,1-4H3. The fourth-order valence-corrected chi connectivity index (χ4v) is 3.59. The maximum absolute atomic E-state index is 12.6. The zero-order chi connectivity index (χ0) is 19.1. The molecule has 0 N–H and O–H groups in total. The largest absolute Gasteiger partial charge is 0.339 e. The Morgan fingerprint density at radius 3 is 2.56 bits per heavy atom. The van der Waals surface area contributed by atoms with Gasteiger partial charge in [0.2, 0.25) is 17.6 Å². The number of rotatable bonds is 3. The number of aromatic nitrogens is 2. The van der Waals surface area contributed by atoms with Crippen LogP contribution in [-0.2, 0) is 4.79 Å². The van der Waals surface area contributed by atoms with E-state index in [9.17, 15) is 4.79 Å². The normalized spacial score (nSPS) is 17.0. The molecule has 2 heterocycles. The summed E-state index contributed by atoms with van der Waals surface area (Å²) in [6.07, 6.45) is 0.390. The maximum Gasteiger partial charge on any atom is 0.232 e. The Kier molecular flexibility index (Phi) is 4.30. The number of hydrogen-bond donors (Lipinski definition) is 0. The van der Waals surface area contributed by atoms with E-state index < -0.39 is 0 Å². The van der Waals surface area contributed by atoms with Gasteiger partial charge in [-0.2, -0.15) is 4.98 Å². The van der Waals surface area contributed by atoms with Crippen LogP contribution in [0.3, 0.4) is 0 Å². The van der Waals surface area contributed by atoms with E-state index in [1.807, 2.05) is 30.0 Å². The Labute approximate surface area is 159 Å². The Bertz CT molecular complexity index is 1020. The maximum atomic E-state index is 12.6. The van der Waals surface area contributed by atoms with E-state index in [2.05, 4.69) is 49.1 Å². The lowest BCUT2D eigenvalue weighted by Gasteiger charge is -2.17. The molecule has 5 nitrogen and oxygen atoms in total. The monoisotopic (exact) mass is 361 g/mol. The predicted molar refractivity (Wildman–Crippen MR) is 105 cm³/mol. The number of carbonyl (C=O) groups is 1. The molecule has 138 valence electrons. The summed E-state index contributed by atoms with van der Waals surface area (Å²) in [5.41, 5.74) is 6.60. The number of benzene rings is 2. The van der Waals surface area contributed by atoms with Crippen molar-refractivity contribution in [2.24, 2.45) is 0 Å². The SMILES string of the molecule is Cc1ccc(-c2noc(C3CC(=O)N(c4ccc(C)c(C)c4)C3)n2)c(C)c1. The zero-order valence-corrected chi connectivity index (χ0v) is 16.1. The third-order valence-corrected chi connectivity index (χ3v) is 5.34. The van der Waals surface area contributed by atoms with Gasteiger partial charge in [0.15, 0.2) is 0 Å². The molecule has 3 aromatic rings. The van der Waals surface area contributed by atoms with Gasteiger partial charge in [-0.3, -0.25) is 4.79 Å². The van der Waals surface area contributed by atoms with Gasteiger partial charge in [-0.15, -0.1) is 0 Å². The topological polar surface area (TPSA) is 59.2 Å². The van der Waals surface area contributed by atoms with Crippen molar-refractivity contribution in [1.29, 1.82) is 0 Å². The van der Waals surface area contributed by atoms with E-state index >= 15 is 0 Å². The van der Waals surface area contributed by atoms with Gasteiger partial charge in [0.1, 0.15) is 0 Å². The minimum atomic E-state index is -0.0777. The van der Waals surface area contributed by atoms with Gasteiger partial charge in [0, 0.05) is 24.2 Å². The number of nitrogens with zero attached hydrogens (tertiary/aromatic N) is 3. The van der Waals surface area contributed by atoms with Gasteiger partial charge >= 0.3 is 0 Å². The number of anilines is 1. The van der Waals surface area contributed by atoms with Gasteiger partial charge in [0.25, 0.3) is 0 Å². The summed E-state index contributed by atoms with van der Waals surface area (Å²) >= 11 is 0. The van der Waals surface area contributed by atoms with Crippen molar-refractivity contribution in [2.75, 3.05) is 11.4 Å². The lowest BCUT2D eigenvalue weighted by atomic mass is 10.1. The summed E-state index contributed by atoms with van der Waals surface area (Å²) < 4.78 is 5.52. The molecule has 0 spiro atoms. The number of hydrogen-bond acceptors (Lipinski definition) is 4. The molecule has 0 aliphatic carbocycles. The molecule has 1 unspecified atom stereocenters. The van der Waals surface area contributed by atoms with Crippen LogP contribution >= 0.6 is 0 Å². The zero-order valence-electron chi connectivity index (χ0n) is 16.1. The van der Waals surface area contributed by atoms with E-state index in [0.717, 1.165) is 16.8 Å². The lowest BCUT2D eigenvalue weighted by Crippen LogP contribution is -2.24. The Balaban J connectivity index is 1.57. The summed E-state index contributed by atoms with van der Waals surface area (Å²) in [7, 11) is 0. The number of aryl methyl sites for hydroxylation is 4. The summed E-state index contributed by atoms with van der Waals surface area (Å²) in [5, 5.41) is 4.15. The van der Waals surface area contributed by atoms with Gasteiger partial charge in [-0.1, -0.05) is 35.0 Å². The molecule has 1 aromatic heterocycles. The molecule has 0 bridgehead atoms. The van der Waals surface area contributed by atoms with Gasteiger partial charge < -0.3 is 9.42 Å². The highest BCUT2D eigenvalue weighted by Crippen LogP contribution is 2.33. The van der Waals surface area contributed by atoms with Crippen molar-refractivity contribution in [2.45, 2.75) is 40.0 Å². The molecule has 2 aromatic carbocycles. The second-order valence-electron chi connectivity index (χ2n) is 7.45. The molecule has 1 aliphatic rings. The predicted octanol–water partition coefficient (Wildman–Crippen LogP) is 4.49. The highest BCUT2D eigenvalue weighted by Gasteiger charge is 2.35. The molecule has 0 saturated carbocycles. The van der Waals surface area contributed by atoms with Crippen LogP contribution in [0, 0.1) is 27.7 Å². The van der Waals surface area contributed by atoms with Crippen molar-refractivity contribution in [3.8, 4) is 11.4 Å². The minimum absolute atomic E-state index is 0.0777. The van der Waals surface area contributed by atoms with Crippen molar-refractivity contribution in [3.05, 3.63) is 64.5 Å². The van der Waals surface area contributed by atoms with E-state index in [4.69, 9.17) is 4.52 Å². The average Bonchev–Trinajstić information content (AvgIpc) is 3.24. The van der Waals surface area contributed by atoms with E-state index in [1.165, 1.54) is 16.7 Å². The second kappa shape index (κ2) is 6.65. The van der Waals surface area contributed by atoms with Gasteiger partial charge in [-0.05, 0) is 56.5 Å². The van der Waals surface area contributed by atoms with E-state index in [-0.39, 0.29) is 11.8 Å². The van der Waals surface area contributed by atoms with Crippen LogP contribution < -0.4 is 4.90 Å². The summed E-state index contributed by atoms with van der Waals surface area (Å²) in [5.74, 6) is 1.13. The molecule has 1 fully saturated rings. The molecule has 1 saturated heterocycles. The summed E-state index contributed by atoms with van der Waals surface area (Å²) in [6.45, 7) is 8.80. The van der Waals surface area contributed by atoms with Crippen LogP contribution in [0.1, 0.15) is 40.5 Å². The number of amides is 1. The highest BCUT2D eigenvalue weighted by molar-refractivity contribution is 5.96. The second-order valence-corrected chi connectivity index (χ2v) is 7.45. The fourth-order valence-electron chi connectivity index (χ4n) is 3.59. The van der Waals surface area contributed by atoms with Crippen LogP contribution in [0.15, 0.2) is 40.9 Å². The molecular formula is C22H23N3O2. The van der Waals surface area contributed by atoms with E-state index in [0.29, 0.717) is 24.7 Å². The summed E-state index contributed by atoms with van der Waals surface area (Å²) in [6, 6.07) is 12.3. The smallest absolute Gasteiger partial charge is 0.232 e. The van der Waals surface area contributed by atoms with Crippen LogP contribution in [0.5, 0.6) is 0 Å². The fraction of sp³-hybridized carbons (Fsp3) is 0.318. The van der Waals surface area contributed by atoms with Crippen molar-refractivity contribution < 1.29 is 9.32 Å². The molecule has 1 atom stereocenters. The Hall–Kier alpha value is -2.95. The Morgan fingerprint density at radius 1 is 1.00 bits per heavy atom. The van der Waals surface area contributed by atoms with Crippen LogP contribution in [0.2, 0.25) is 0 Å².